The van der Waals surface area contributed by atoms with Crippen molar-refractivity contribution in [3.63, 3.8) is 0 Å². The third-order valence-corrected chi connectivity index (χ3v) is 2.37. The minimum absolute atomic E-state index is 0.866. The van der Waals surface area contributed by atoms with Gasteiger partial charge in [-0.1, -0.05) is 46.5 Å². The molecule has 0 amide bonds. The van der Waals surface area contributed by atoms with Crippen LogP contribution in [0.1, 0.15) is 18.1 Å². The van der Waals surface area contributed by atoms with Crippen LogP contribution in [0.15, 0.2) is 18.2 Å². The summed E-state index contributed by atoms with van der Waals surface area (Å²) in [6.45, 7) is 2.16. The van der Waals surface area contributed by atoms with Gasteiger partial charge >= 0.3 is 0 Å². The number of halogens is 1. The van der Waals surface area contributed by atoms with Crippen LogP contribution in [0, 0.1) is 0 Å². The normalized spacial score (nSPS) is 10.2. The summed E-state index contributed by atoms with van der Waals surface area (Å²) in [7, 11) is 5.69. The fourth-order valence-corrected chi connectivity index (χ4v) is 1.75. The van der Waals surface area contributed by atoms with Gasteiger partial charge in [0.05, 0.1) is 0 Å². The van der Waals surface area contributed by atoms with Crippen LogP contribution in [0.3, 0.4) is 0 Å². The molecule has 62 valence electrons. The molecular weight excluding hydrogens is 211 g/mol. The lowest BCUT2D eigenvalue weighted by Gasteiger charge is -2.06. The van der Waals surface area contributed by atoms with Crippen LogP contribution < -0.4 is 5.46 Å². The second-order valence-corrected chi connectivity index (χ2v) is 3.61. The van der Waals surface area contributed by atoms with Gasteiger partial charge in [-0.15, -0.1) is 0 Å². The second-order valence-electron chi connectivity index (χ2n) is 2.82. The van der Waals surface area contributed by atoms with Crippen molar-refractivity contribution in [3.05, 3.63) is 29.3 Å². The van der Waals surface area contributed by atoms with Crippen molar-refractivity contribution in [2.45, 2.75) is 19.8 Å². The Labute approximate surface area is 83.9 Å². The summed E-state index contributed by atoms with van der Waals surface area (Å²) >= 11 is 3.44. The minimum atomic E-state index is 0.866. The predicted molar refractivity (Wildman–Crippen MR) is 58.7 cm³/mol. The molecule has 0 saturated heterocycles. The van der Waals surface area contributed by atoms with Crippen molar-refractivity contribution in [1.82, 2.24) is 0 Å². The summed E-state index contributed by atoms with van der Waals surface area (Å²) in [5.74, 6) is 0. The lowest BCUT2D eigenvalue weighted by Crippen LogP contribution is -2.05. The van der Waals surface area contributed by atoms with Gasteiger partial charge in [0.25, 0.3) is 0 Å². The Hall–Kier alpha value is -0.235. The second kappa shape index (κ2) is 4.71. The van der Waals surface area contributed by atoms with Gasteiger partial charge in [0, 0.05) is 5.33 Å². The smallest absolute Gasteiger partial charge is 0.0964 e. The highest BCUT2D eigenvalue weighted by atomic mass is 79.9. The first kappa shape index (κ1) is 9.85. The maximum absolute atomic E-state index is 5.69. The van der Waals surface area contributed by atoms with Crippen molar-refractivity contribution < 1.29 is 0 Å². The number of alkyl halides is 1. The maximum atomic E-state index is 5.69. The Morgan fingerprint density at radius 2 is 2.08 bits per heavy atom. The van der Waals surface area contributed by atoms with E-state index in [1.54, 1.807) is 0 Å². The van der Waals surface area contributed by atoms with Gasteiger partial charge in [-0.3, -0.25) is 0 Å². The molecule has 0 saturated carbocycles. The highest BCUT2D eigenvalue weighted by Crippen LogP contribution is 2.09. The van der Waals surface area contributed by atoms with E-state index >= 15 is 0 Å². The molecule has 0 N–H and O–H groups in total. The molecule has 0 bridgehead atoms. The van der Waals surface area contributed by atoms with E-state index in [9.17, 15) is 0 Å². The van der Waals surface area contributed by atoms with Crippen molar-refractivity contribution in [2.75, 3.05) is 5.33 Å². The third kappa shape index (κ3) is 2.38. The number of hydrogen-bond donors (Lipinski definition) is 0. The Morgan fingerprint density at radius 3 is 2.67 bits per heavy atom. The summed E-state index contributed by atoms with van der Waals surface area (Å²) in [5, 5.41) is 1.02. The Balaban J connectivity index is 2.94. The van der Waals surface area contributed by atoms with Gasteiger partial charge in [0.1, 0.15) is 7.85 Å². The average Bonchev–Trinajstić information content (AvgIpc) is 2.08. The predicted octanol–water partition coefficient (Wildman–Crippen LogP) is 1.98. The van der Waals surface area contributed by atoms with Crippen LogP contribution >= 0.6 is 15.9 Å². The number of hydrogen-bond acceptors (Lipinski definition) is 0. The van der Waals surface area contributed by atoms with Crippen LogP contribution in [0.5, 0.6) is 0 Å². The quantitative estimate of drug-likeness (QED) is 0.542. The van der Waals surface area contributed by atoms with Gasteiger partial charge in [-0.05, 0) is 24.0 Å². The Bertz CT molecular complexity index is 258. The highest BCUT2D eigenvalue weighted by molar-refractivity contribution is 9.09. The van der Waals surface area contributed by atoms with E-state index < -0.39 is 0 Å². The van der Waals surface area contributed by atoms with Gasteiger partial charge in [0.2, 0.25) is 0 Å². The molecule has 12 heavy (non-hydrogen) atoms. The molecule has 0 unspecified atom stereocenters. The van der Waals surface area contributed by atoms with Gasteiger partial charge in [-0.2, -0.15) is 0 Å². The number of aryl methyl sites for hydroxylation is 2. The largest absolute Gasteiger partial charge is 0.113 e. The molecule has 0 aliphatic carbocycles. The van der Waals surface area contributed by atoms with E-state index in [4.69, 9.17) is 7.85 Å². The first-order chi connectivity index (χ1) is 5.77. The molecule has 2 heteroatoms. The van der Waals surface area contributed by atoms with Crippen molar-refractivity contribution >= 4 is 29.2 Å². The Kier molecular flexibility index (Phi) is 3.86. The van der Waals surface area contributed by atoms with E-state index in [1.807, 2.05) is 6.07 Å². The molecule has 0 aromatic heterocycles. The van der Waals surface area contributed by atoms with Crippen LogP contribution in [-0.2, 0) is 12.8 Å². The zero-order valence-corrected chi connectivity index (χ0v) is 8.89. The molecule has 0 heterocycles. The van der Waals surface area contributed by atoms with E-state index in [2.05, 4.69) is 35.0 Å². The molecule has 0 nitrogen and oxygen atoms in total. The molecule has 0 atom stereocenters. The number of benzene rings is 1. The molecule has 0 aliphatic heterocycles. The first-order valence-corrected chi connectivity index (χ1v) is 5.33. The topological polar surface area (TPSA) is 0 Å². The van der Waals surface area contributed by atoms with Crippen LogP contribution in [-0.4, -0.2) is 13.2 Å². The zero-order chi connectivity index (χ0) is 8.97. The molecule has 1 aromatic rings. The highest BCUT2D eigenvalue weighted by Gasteiger charge is 1.99. The Morgan fingerprint density at radius 1 is 1.33 bits per heavy atom. The summed E-state index contributed by atoms with van der Waals surface area (Å²) in [6, 6.07) is 6.16. The molecule has 1 aromatic carbocycles. The van der Waals surface area contributed by atoms with E-state index in [0.717, 1.165) is 23.6 Å². The minimum Gasteiger partial charge on any atom is -0.0964 e. The molecule has 0 spiro atoms. The van der Waals surface area contributed by atoms with Crippen LogP contribution in [0.25, 0.3) is 0 Å². The standard InChI is InChI=1S/C10H12BBr/c1-2-8-7-10(11)4-3-9(8)5-6-12/h3-4,7H,2,5-6H2,1H3. The first-order valence-electron chi connectivity index (χ1n) is 4.21. The fraction of sp³-hybridized carbons (Fsp3) is 0.400. The maximum Gasteiger partial charge on any atom is 0.113 e. The fourth-order valence-electron chi connectivity index (χ4n) is 1.32. The monoisotopic (exact) mass is 222 g/mol. The number of rotatable bonds is 3. The van der Waals surface area contributed by atoms with E-state index in [0.29, 0.717) is 0 Å². The van der Waals surface area contributed by atoms with Crippen LogP contribution in [0.4, 0.5) is 0 Å². The van der Waals surface area contributed by atoms with Crippen molar-refractivity contribution in [2.24, 2.45) is 0 Å². The molecule has 1 rings (SSSR count). The molecule has 0 fully saturated rings. The lowest BCUT2D eigenvalue weighted by atomic mass is 9.90. The summed E-state index contributed by atoms with van der Waals surface area (Å²) in [5.41, 5.74) is 3.64. The third-order valence-electron chi connectivity index (χ3n) is 1.98. The van der Waals surface area contributed by atoms with Gasteiger partial charge < -0.3 is 0 Å². The molecule has 0 aliphatic rings. The van der Waals surface area contributed by atoms with E-state index in [-0.39, 0.29) is 0 Å². The van der Waals surface area contributed by atoms with Crippen LogP contribution in [0.2, 0.25) is 0 Å². The van der Waals surface area contributed by atoms with Gasteiger partial charge in [-0.25, -0.2) is 0 Å². The lowest BCUT2D eigenvalue weighted by molar-refractivity contribution is 1.05. The summed E-state index contributed by atoms with van der Waals surface area (Å²) in [4.78, 5) is 0. The molecule has 2 radical (unpaired) electrons. The molecular formula is C10H12BBr. The average molecular weight is 223 g/mol. The zero-order valence-electron chi connectivity index (χ0n) is 7.31. The van der Waals surface area contributed by atoms with Crippen molar-refractivity contribution in [3.8, 4) is 0 Å². The summed E-state index contributed by atoms with van der Waals surface area (Å²) < 4.78 is 0. The SMILES string of the molecule is [B]c1ccc(CCBr)c(CC)c1. The van der Waals surface area contributed by atoms with Gasteiger partial charge in [0.15, 0.2) is 0 Å². The summed E-state index contributed by atoms with van der Waals surface area (Å²) in [6.07, 6.45) is 2.15. The van der Waals surface area contributed by atoms with Crippen molar-refractivity contribution in [1.29, 1.82) is 0 Å². The van der Waals surface area contributed by atoms with E-state index in [1.165, 1.54) is 11.1 Å².